The van der Waals surface area contributed by atoms with Gasteiger partial charge in [0.1, 0.15) is 11.6 Å². The zero-order chi connectivity index (χ0) is 14.4. The fraction of sp³-hybridized carbons (Fsp3) is 0.875. The van der Waals surface area contributed by atoms with E-state index in [9.17, 15) is 9.59 Å². The predicted molar refractivity (Wildman–Crippen MR) is 76.5 cm³/mol. The van der Waals surface area contributed by atoms with Crippen LogP contribution in [0.1, 0.15) is 59.3 Å². The molecule has 0 spiro atoms. The molecule has 1 aliphatic carbocycles. The zero-order valence-corrected chi connectivity index (χ0v) is 12.8. The fourth-order valence-electron chi connectivity index (χ4n) is 3.62. The van der Waals surface area contributed by atoms with Crippen molar-refractivity contribution in [3.8, 4) is 0 Å². The van der Waals surface area contributed by atoms with Crippen LogP contribution in [0.4, 0.5) is 0 Å². The van der Waals surface area contributed by atoms with Crippen molar-refractivity contribution in [2.24, 2.45) is 23.7 Å². The van der Waals surface area contributed by atoms with E-state index in [4.69, 9.17) is 0 Å². The van der Waals surface area contributed by atoms with Gasteiger partial charge in [-0.1, -0.05) is 33.1 Å². The number of carbonyl (C=O) groups excluding carboxylic acids is 2. The molecule has 3 nitrogen and oxygen atoms in total. The summed E-state index contributed by atoms with van der Waals surface area (Å²) in [7, 11) is 0. The highest BCUT2D eigenvalue weighted by Crippen LogP contribution is 2.34. The number of hydrogen-bond acceptors (Lipinski definition) is 2. The van der Waals surface area contributed by atoms with Gasteiger partial charge in [0, 0.05) is 12.3 Å². The summed E-state index contributed by atoms with van der Waals surface area (Å²) in [6.45, 7) is 6.44. The van der Waals surface area contributed by atoms with Crippen molar-refractivity contribution in [3.05, 3.63) is 0 Å². The highest BCUT2D eigenvalue weighted by Gasteiger charge is 2.32. The van der Waals surface area contributed by atoms with Crippen molar-refractivity contribution in [2.45, 2.75) is 59.3 Å². The Labute approximate surface area is 117 Å². The van der Waals surface area contributed by atoms with Crippen LogP contribution < -0.4 is 5.73 Å². The average Bonchev–Trinajstić information content (AvgIpc) is 2.38. The van der Waals surface area contributed by atoms with Gasteiger partial charge in [0.05, 0.1) is 12.5 Å². The molecule has 2 unspecified atom stereocenters. The van der Waals surface area contributed by atoms with Gasteiger partial charge in [0.15, 0.2) is 0 Å². The van der Waals surface area contributed by atoms with Gasteiger partial charge in [-0.25, -0.2) is 0 Å². The minimum Gasteiger partial charge on any atom is -0.357 e. The number of carbonyl (C=O) groups is 2. The molecule has 0 amide bonds. The van der Waals surface area contributed by atoms with Crippen LogP contribution in [0.25, 0.3) is 0 Å². The lowest BCUT2D eigenvalue weighted by molar-refractivity contribution is -0.378. The molecule has 0 aromatic heterocycles. The third-order valence-electron chi connectivity index (χ3n) is 4.89. The quantitative estimate of drug-likeness (QED) is 0.769. The number of quaternary nitrogens is 1. The topological polar surface area (TPSA) is 61.8 Å². The maximum atomic E-state index is 12.5. The molecule has 3 heteroatoms. The van der Waals surface area contributed by atoms with Gasteiger partial charge in [-0.2, -0.15) is 0 Å². The molecule has 1 aliphatic rings. The molecular formula is C16H30NO2+. The molecule has 1 rings (SSSR count). The lowest BCUT2D eigenvalue weighted by Crippen LogP contribution is -2.56. The van der Waals surface area contributed by atoms with E-state index in [1.807, 2.05) is 6.92 Å². The summed E-state index contributed by atoms with van der Waals surface area (Å²) in [6.07, 6.45) is 6.38. The van der Waals surface area contributed by atoms with Crippen LogP contribution in [0.5, 0.6) is 0 Å². The van der Waals surface area contributed by atoms with E-state index in [0.29, 0.717) is 24.7 Å². The molecule has 0 aliphatic heterocycles. The molecule has 3 N–H and O–H groups in total. The molecular weight excluding hydrogens is 238 g/mol. The first kappa shape index (κ1) is 16.4. The van der Waals surface area contributed by atoms with Crippen molar-refractivity contribution in [2.75, 3.05) is 6.54 Å². The lowest BCUT2D eigenvalue weighted by Gasteiger charge is -2.31. The molecule has 0 saturated heterocycles. The summed E-state index contributed by atoms with van der Waals surface area (Å²) in [4.78, 5) is 24.0. The first-order valence-corrected chi connectivity index (χ1v) is 7.83. The van der Waals surface area contributed by atoms with E-state index >= 15 is 0 Å². The van der Waals surface area contributed by atoms with E-state index in [0.717, 1.165) is 12.8 Å². The van der Waals surface area contributed by atoms with E-state index in [2.05, 4.69) is 12.7 Å². The predicted octanol–water partition coefficient (Wildman–Crippen LogP) is 2.25. The second-order valence-corrected chi connectivity index (χ2v) is 6.21. The van der Waals surface area contributed by atoms with Gasteiger partial charge in [-0.3, -0.25) is 9.59 Å². The Morgan fingerprint density at radius 1 is 1.26 bits per heavy atom. The average molecular weight is 268 g/mol. The second-order valence-electron chi connectivity index (χ2n) is 6.21. The fourth-order valence-corrected chi connectivity index (χ4v) is 3.62. The summed E-state index contributed by atoms with van der Waals surface area (Å²) >= 11 is 0. The number of ketones is 2. The van der Waals surface area contributed by atoms with E-state index < -0.39 is 0 Å². The third-order valence-corrected chi connectivity index (χ3v) is 4.89. The van der Waals surface area contributed by atoms with Crippen LogP contribution in [0.15, 0.2) is 0 Å². The smallest absolute Gasteiger partial charge is 0.138 e. The molecule has 19 heavy (non-hydrogen) atoms. The molecule has 0 bridgehead atoms. The van der Waals surface area contributed by atoms with Crippen LogP contribution in [0, 0.1) is 23.7 Å². The van der Waals surface area contributed by atoms with Gasteiger partial charge < -0.3 is 5.73 Å². The number of Topliss-reactive ketones (excluding diaryl/α,β-unsaturated/α-hetero) is 2. The SMILES string of the molecule is CC[C@@H]1CCCCC1C(=O)C[C@@H](C)C(C[NH3+])C(C)=O. The maximum Gasteiger partial charge on any atom is 0.138 e. The van der Waals surface area contributed by atoms with Crippen molar-refractivity contribution in [3.63, 3.8) is 0 Å². The summed E-state index contributed by atoms with van der Waals surface area (Å²) in [6, 6.07) is 0. The van der Waals surface area contributed by atoms with Gasteiger partial charge >= 0.3 is 0 Å². The van der Waals surface area contributed by atoms with Gasteiger partial charge in [-0.05, 0) is 31.6 Å². The summed E-state index contributed by atoms with van der Waals surface area (Å²) in [5, 5.41) is 0. The molecule has 1 saturated carbocycles. The highest BCUT2D eigenvalue weighted by atomic mass is 16.1. The summed E-state index contributed by atoms with van der Waals surface area (Å²) in [5.41, 5.74) is 3.85. The van der Waals surface area contributed by atoms with Gasteiger partial charge in [0.25, 0.3) is 0 Å². The largest absolute Gasteiger partial charge is 0.357 e. The standard InChI is InChI=1S/C16H29NO2/c1-4-13-7-5-6-8-14(13)16(19)9-11(2)15(10-17)12(3)18/h11,13-15H,4-10,17H2,1-3H3/p+1/t11-,13-,14?,15?/m1/s1. The minimum absolute atomic E-state index is 0.0485. The Balaban J connectivity index is 2.59. The monoisotopic (exact) mass is 268 g/mol. The Kier molecular flexibility index (Phi) is 6.70. The summed E-state index contributed by atoms with van der Waals surface area (Å²) < 4.78 is 0. The summed E-state index contributed by atoms with van der Waals surface area (Å²) in [5.74, 6) is 1.47. The van der Waals surface area contributed by atoms with Crippen LogP contribution in [-0.4, -0.2) is 18.1 Å². The first-order valence-electron chi connectivity index (χ1n) is 7.83. The van der Waals surface area contributed by atoms with E-state index in [1.165, 1.54) is 19.3 Å². The highest BCUT2D eigenvalue weighted by molar-refractivity contribution is 5.83. The zero-order valence-electron chi connectivity index (χ0n) is 12.8. The van der Waals surface area contributed by atoms with E-state index in [-0.39, 0.29) is 23.5 Å². The van der Waals surface area contributed by atoms with Gasteiger partial charge in [0.2, 0.25) is 0 Å². The molecule has 0 aromatic rings. The Hall–Kier alpha value is -0.700. The molecule has 4 atom stereocenters. The van der Waals surface area contributed by atoms with Crippen LogP contribution in [-0.2, 0) is 9.59 Å². The van der Waals surface area contributed by atoms with Crippen LogP contribution in [0.2, 0.25) is 0 Å². The molecule has 0 radical (unpaired) electrons. The maximum absolute atomic E-state index is 12.5. The second kappa shape index (κ2) is 7.78. The van der Waals surface area contributed by atoms with Crippen molar-refractivity contribution in [1.29, 1.82) is 0 Å². The normalized spacial score (nSPS) is 26.7. The molecule has 1 fully saturated rings. The third kappa shape index (κ3) is 4.41. The van der Waals surface area contributed by atoms with Crippen LogP contribution >= 0.6 is 0 Å². The molecule has 0 aromatic carbocycles. The van der Waals surface area contributed by atoms with Crippen molar-refractivity contribution in [1.82, 2.24) is 0 Å². The Bertz CT molecular complexity index is 314. The van der Waals surface area contributed by atoms with Crippen molar-refractivity contribution >= 4 is 11.6 Å². The first-order chi connectivity index (χ1) is 9.01. The number of rotatable bonds is 7. The lowest BCUT2D eigenvalue weighted by atomic mass is 9.73. The Morgan fingerprint density at radius 2 is 1.89 bits per heavy atom. The van der Waals surface area contributed by atoms with Gasteiger partial charge in [-0.15, -0.1) is 0 Å². The van der Waals surface area contributed by atoms with Crippen molar-refractivity contribution < 1.29 is 15.3 Å². The van der Waals surface area contributed by atoms with Crippen LogP contribution in [0.3, 0.4) is 0 Å². The Morgan fingerprint density at radius 3 is 2.42 bits per heavy atom. The molecule has 0 heterocycles. The minimum atomic E-state index is -0.0485. The number of hydrogen-bond donors (Lipinski definition) is 1. The molecule has 110 valence electrons. The van der Waals surface area contributed by atoms with E-state index in [1.54, 1.807) is 6.92 Å².